The van der Waals surface area contributed by atoms with E-state index in [0.717, 1.165) is 6.42 Å². The van der Waals surface area contributed by atoms with Gasteiger partial charge in [-0.15, -0.1) is 0 Å². The van der Waals surface area contributed by atoms with Crippen LogP contribution in [0.5, 0.6) is 0 Å². The summed E-state index contributed by atoms with van der Waals surface area (Å²) in [5, 5.41) is 0.228. The van der Waals surface area contributed by atoms with Gasteiger partial charge in [-0.3, -0.25) is 0 Å². The van der Waals surface area contributed by atoms with E-state index in [2.05, 4.69) is 4.72 Å². The quantitative estimate of drug-likeness (QED) is 0.809. The minimum absolute atomic E-state index is 0.0208. The summed E-state index contributed by atoms with van der Waals surface area (Å²) in [6.45, 7) is 0.422. The minimum atomic E-state index is -3.64. The van der Waals surface area contributed by atoms with Crippen LogP contribution in [0, 0.1) is 5.92 Å². The Kier molecular flexibility index (Phi) is 5.18. The lowest BCUT2D eigenvalue weighted by Crippen LogP contribution is -2.26. The van der Waals surface area contributed by atoms with E-state index in [4.69, 9.17) is 28.9 Å². The maximum Gasteiger partial charge on any atom is 0.242 e. The van der Waals surface area contributed by atoms with Gasteiger partial charge in [-0.25, -0.2) is 13.1 Å². The Morgan fingerprint density at radius 1 is 1.25 bits per heavy atom. The smallest absolute Gasteiger partial charge is 0.242 e. The lowest BCUT2D eigenvalue weighted by Gasteiger charge is -2.12. The van der Waals surface area contributed by atoms with E-state index in [1.807, 2.05) is 0 Å². The third kappa shape index (κ3) is 3.58. The van der Waals surface area contributed by atoms with E-state index in [0.29, 0.717) is 12.5 Å². The lowest BCUT2D eigenvalue weighted by atomic mass is 10.1. The minimum Gasteiger partial charge on any atom is -0.396 e. The van der Waals surface area contributed by atoms with Crippen molar-refractivity contribution in [2.24, 2.45) is 5.92 Å². The molecule has 0 saturated heterocycles. The fourth-order valence-corrected chi connectivity index (χ4v) is 4.34. The van der Waals surface area contributed by atoms with Gasteiger partial charge in [0.2, 0.25) is 10.0 Å². The van der Waals surface area contributed by atoms with Crippen molar-refractivity contribution in [2.45, 2.75) is 37.0 Å². The molecule has 1 aliphatic carbocycles. The van der Waals surface area contributed by atoms with Crippen LogP contribution in [0.4, 0.5) is 5.69 Å². The molecule has 1 aromatic carbocycles. The number of hydrogen-bond acceptors (Lipinski definition) is 3. The van der Waals surface area contributed by atoms with Crippen LogP contribution in [-0.2, 0) is 10.0 Å². The molecule has 0 radical (unpaired) electrons. The molecule has 0 bridgehead atoms. The molecule has 0 heterocycles. The van der Waals surface area contributed by atoms with E-state index in [-0.39, 0.29) is 20.6 Å². The Labute approximate surface area is 129 Å². The normalized spacial score (nSPS) is 16.7. The molecule has 1 aliphatic rings. The Balaban J connectivity index is 2.04. The van der Waals surface area contributed by atoms with E-state index in [1.165, 1.54) is 37.8 Å². The molecule has 0 aromatic heterocycles. The summed E-state index contributed by atoms with van der Waals surface area (Å²) in [5.74, 6) is 0.628. The largest absolute Gasteiger partial charge is 0.396 e. The number of benzene rings is 1. The third-order valence-corrected chi connectivity index (χ3v) is 6.05. The number of nitrogen functional groups attached to an aromatic ring is 1. The summed E-state index contributed by atoms with van der Waals surface area (Å²) < 4.78 is 27.0. The summed E-state index contributed by atoms with van der Waals surface area (Å²) in [4.78, 5) is -0.0208. The van der Waals surface area contributed by atoms with Crippen LogP contribution in [0.15, 0.2) is 17.0 Å². The molecule has 1 aromatic rings. The summed E-state index contributed by atoms with van der Waals surface area (Å²) in [7, 11) is -3.64. The van der Waals surface area contributed by atoms with Gasteiger partial charge in [0, 0.05) is 6.54 Å². The van der Waals surface area contributed by atoms with Crippen molar-refractivity contribution in [2.75, 3.05) is 12.3 Å². The zero-order valence-corrected chi connectivity index (χ0v) is 13.4. The van der Waals surface area contributed by atoms with Gasteiger partial charge in [0.1, 0.15) is 4.90 Å². The molecule has 1 fully saturated rings. The molecule has 0 unspecified atom stereocenters. The van der Waals surface area contributed by atoms with Gasteiger partial charge in [-0.2, -0.15) is 0 Å². The highest BCUT2D eigenvalue weighted by Crippen LogP contribution is 2.33. The first-order valence-corrected chi connectivity index (χ1v) is 8.89. The highest BCUT2D eigenvalue weighted by molar-refractivity contribution is 7.89. The molecule has 4 nitrogen and oxygen atoms in total. The molecule has 3 N–H and O–H groups in total. The number of sulfonamides is 1. The molecule has 0 aliphatic heterocycles. The number of rotatable bonds is 5. The monoisotopic (exact) mass is 336 g/mol. The zero-order chi connectivity index (χ0) is 14.8. The van der Waals surface area contributed by atoms with Crippen molar-refractivity contribution in [1.29, 1.82) is 0 Å². The van der Waals surface area contributed by atoms with E-state index < -0.39 is 10.0 Å². The maximum atomic E-state index is 12.2. The van der Waals surface area contributed by atoms with Crippen LogP contribution in [0.2, 0.25) is 10.0 Å². The summed E-state index contributed by atoms with van der Waals surface area (Å²) in [6, 6.07) is 2.81. The molecular weight excluding hydrogens is 319 g/mol. The van der Waals surface area contributed by atoms with E-state index in [9.17, 15) is 8.42 Å². The molecule has 0 amide bonds. The number of nitrogens with two attached hydrogens (primary N) is 1. The molecule has 7 heteroatoms. The summed E-state index contributed by atoms with van der Waals surface area (Å²) >= 11 is 11.8. The van der Waals surface area contributed by atoms with Crippen molar-refractivity contribution < 1.29 is 8.42 Å². The first kappa shape index (κ1) is 15.9. The summed E-state index contributed by atoms with van der Waals surface area (Å²) in [6.07, 6.45) is 5.74. The van der Waals surface area contributed by atoms with Crippen LogP contribution in [0.3, 0.4) is 0 Å². The average Bonchev–Trinajstić information content (AvgIpc) is 2.88. The Morgan fingerprint density at radius 3 is 2.55 bits per heavy atom. The van der Waals surface area contributed by atoms with Gasteiger partial charge in [-0.1, -0.05) is 48.9 Å². The third-order valence-electron chi connectivity index (χ3n) is 3.70. The van der Waals surface area contributed by atoms with Crippen molar-refractivity contribution in [1.82, 2.24) is 4.72 Å². The number of nitrogens with one attached hydrogen (secondary N) is 1. The molecule has 112 valence electrons. The van der Waals surface area contributed by atoms with Crippen LogP contribution >= 0.6 is 23.2 Å². The number of halogens is 2. The fraction of sp³-hybridized carbons (Fsp3) is 0.538. The van der Waals surface area contributed by atoms with Gasteiger partial charge in [-0.05, 0) is 24.5 Å². The van der Waals surface area contributed by atoms with Gasteiger partial charge < -0.3 is 5.73 Å². The molecule has 0 atom stereocenters. The lowest BCUT2D eigenvalue weighted by molar-refractivity contribution is 0.495. The Hall–Kier alpha value is -0.490. The van der Waals surface area contributed by atoms with Crippen molar-refractivity contribution in [3.05, 3.63) is 22.2 Å². The molecule has 0 spiro atoms. The SMILES string of the molecule is Nc1c(Cl)ccc(S(=O)(=O)NCCC2CCCC2)c1Cl. The van der Waals surface area contributed by atoms with E-state index in [1.54, 1.807) is 0 Å². The van der Waals surface area contributed by atoms with Gasteiger partial charge in [0.25, 0.3) is 0 Å². The van der Waals surface area contributed by atoms with Crippen molar-refractivity contribution in [3.8, 4) is 0 Å². The van der Waals surface area contributed by atoms with E-state index >= 15 is 0 Å². The average molecular weight is 337 g/mol. The number of hydrogen-bond donors (Lipinski definition) is 2. The second-order valence-electron chi connectivity index (χ2n) is 5.11. The first-order chi connectivity index (χ1) is 9.42. The van der Waals surface area contributed by atoms with Crippen LogP contribution < -0.4 is 10.5 Å². The van der Waals surface area contributed by atoms with Crippen molar-refractivity contribution in [3.63, 3.8) is 0 Å². The molecule has 2 rings (SSSR count). The second kappa shape index (κ2) is 6.52. The Bertz CT molecular complexity index is 584. The molecule has 1 saturated carbocycles. The van der Waals surface area contributed by atoms with Crippen LogP contribution in [0.25, 0.3) is 0 Å². The zero-order valence-electron chi connectivity index (χ0n) is 11.0. The van der Waals surface area contributed by atoms with Gasteiger partial charge in [0.05, 0.1) is 15.7 Å². The fourth-order valence-electron chi connectivity index (χ4n) is 2.53. The first-order valence-electron chi connectivity index (χ1n) is 6.65. The second-order valence-corrected chi connectivity index (χ2v) is 7.63. The van der Waals surface area contributed by atoms with Gasteiger partial charge >= 0.3 is 0 Å². The molecular formula is C13H18Cl2N2O2S. The highest BCUT2D eigenvalue weighted by Gasteiger charge is 2.21. The topological polar surface area (TPSA) is 72.2 Å². The predicted octanol–water partition coefficient (Wildman–Crippen LogP) is 3.43. The number of anilines is 1. The van der Waals surface area contributed by atoms with Gasteiger partial charge in [0.15, 0.2) is 0 Å². The summed E-state index contributed by atoms with van der Waals surface area (Å²) in [5.41, 5.74) is 5.74. The maximum absolute atomic E-state index is 12.2. The van der Waals surface area contributed by atoms with Crippen LogP contribution in [-0.4, -0.2) is 15.0 Å². The highest BCUT2D eigenvalue weighted by atomic mass is 35.5. The Morgan fingerprint density at radius 2 is 1.90 bits per heavy atom. The predicted molar refractivity (Wildman–Crippen MR) is 82.6 cm³/mol. The van der Waals surface area contributed by atoms with Crippen LogP contribution in [0.1, 0.15) is 32.1 Å². The van der Waals surface area contributed by atoms with Crippen molar-refractivity contribution >= 4 is 38.9 Å². The standard InChI is InChI=1S/C13H18Cl2N2O2S/c14-10-5-6-11(12(15)13(10)16)20(18,19)17-8-7-9-3-1-2-4-9/h5-6,9,17H,1-4,7-8,16H2. The molecule has 20 heavy (non-hydrogen) atoms.